The molecule has 0 radical (unpaired) electrons. The number of aromatic carboxylic acids is 1. The quantitative estimate of drug-likeness (QED) is 0.575. The molecule has 1 aliphatic carbocycles. The molecule has 0 amide bonds. The maximum atomic E-state index is 12.6. The van der Waals surface area contributed by atoms with Gasteiger partial charge in [0.15, 0.2) is 0 Å². The molecule has 3 N–H and O–H groups in total. The van der Waals surface area contributed by atoms with Crippen LogP contribution in [0.5, 0.6) is 0 Å². The molecule has 4 rings (SSSR count). The Hall–Kier alpha value is -2.74. The second-order valence-electron chi connectivity index (χ2n) is 7.96. The molecule has 0 spiro atoms. The third-order valence-corrected chi connectivity index (χ3v) is 6.42. The highest BCUT2D eigenvalue weighted by Gasteiger charge is 2.37. The largest absolute Gasteiger partial charge is 0.477 e. The first-order chi connectivity index (χ1) is 14.9. The maximum absolute atomic E-state index is 12.6. The monoisotopic (exact) mass is 474 g/mol. The van der Waals surface area contributed by atoms with Crippen molar-refractivity contribution in [3.8, 4) is 11.3 Å². The fourth-order valence-corrected chi connectivity index (χ4v) is 4.53. The van der Waals surface area contributed by atoms with E-state index in [0.29, 0.717) is 22.8 Å². The lowest BCUT2D eigenvalue weighted by atomic mass is 9.68. The summed E-state index contributed by atoms with van der Waals surface area (Å²) in [5.41, 5.74) is 8.21. The van der Waals surface area contributed by atoms with Crippen molar-refractivity contribution in [1.29, 1.82) is 0 Å². The smallest absolute Gasteiger partial charge is 0.354 e. The van der Waals surface area contributed by atoms with E-state index in [4.69, 9.17) is 22.4 Å². The minimum Gasteiger partial charge on any atom is -0.477 e. The van der Waals surface area contributed by atoms with Crippen LogP contribution in [0.4, 0.5) is 0 Å². The van der Waals surface area contributed by atoms with Crippen LogP contribution in [0.15, 0.2) is 59.5 Å². The normalized spacial score (nSPS) is 20.4. The Kier molecular flexibility index (Phi) is 7.33. The Balaban J connectivity index is 0.00000289. The number of hydrogen-bond donors (Lipinski definition) is 2. The van der Waals surface area contributed by atoms with Gasteiger partial charge in [-0.2, -0.15) is 5.10 Å². The molecule has 2 aromatic heterocycles. The van der Waals surface area contributed by atoms with E-state index >= 15 is 0 Å². The molecule has 1 saturated carbocycles. The molecule has 0 atom stereocenters. The predicted octanol–water partition coefficient (Wildman–Crippen LogP) is 4.09. The molecule has 2 heterocycles. The zero-order valence-electron chi connectivity index (χ0n) is 17.3. The Morgan fingerprint density at radius 2 is 1.94 bits per heavy atom. The van der Waals surface area contributed by atoms with Crippen molar-refractivity contribution in [1.82, 2.24) is 14.8 Å². The lowest BCUT2D eigenvalue weighted by Gasteiger charge is -2.40. The van der Waals surface area contributed by atoms with Crippen LogP contribution in [-0.2, 0) is 5.41 Å². The van der Waals surface area contributed by atoms with E-state index in [1.54, 1.807) is 16.8 Å². The molecule has 32 heavy (non-hydrogen) atoms. The summed E-state index contributed by atoms with van der Waals surface area (Å²) in [6.45, 7) is 0.518. The third-order valence-electron chi connectivity index (χ3n) is 6.19. The van der Waals surface area contributed by atoms with E-state index in [0.717, 1.165) is 31.2 Å². The van der Waals surface area contributed by atoms with E-state index in [2.05, 4.69) is 16.1 Å². The summed E-state index contributed by atoms with van der Waals surface area (Å²) in [5, 5.41) is 14.3. The first-order valence-electron chi connectivity index (χ1n) is 10.2. The SMILES string of the molecule is Cl.NC[C@]1(c2cccc(Cl)c2)CC[C@@H](n2nc(-c3ccc(C(=O)O)nc3)ccc2=O)CC1. The zero-order valence-corrected chi connectivity index (χ0v) is 18.9. The van der Waals surface area contributed by atoms with Gasteiger partial charge in [0.05, 0.1) is 11.7 Å². The standard InChI is InChI=1S/C23H23ClN4O3.ClH/c24-17-3-1-2-16(12-17)23(14-25)10-8-18(9-11-23)28-21(29)7-6-19(27-28)15-4-5-20(22(30)31)26-13-15;/h1-7,12-13,18H,8-11,14,25H2,(H,30,31);1H/t18-,23+;. The predicted molar refractivity (Wildman–Crippen MR) is 126 cm³/mol. The second kappa shape index (κ2) is 9.81. The number of carboxylic acids is 1. The number of carboxylic acid groups (broad SMARTS) is 1. The molecule has 0 unspecified atom stereocenters. The summed E-state index contributed by atoms with van der Waals surface area (Å²) < 4.78 is 1.54. The molecule has 168 valence electrons. The van der Waals surface area contributed by atoms with Crippen LogP contribution in [0.25, 0.3) is 11.3 Å². The van der Waals surface area contributed by atoms with Gasteiger partial charge in [0.1, 0.15) is 5.69 Å². The van der Waals surface area contributed by atoms with Crippen molar-refractivity contribution >= 4 is 30.0 Å². The molecule has 0 aliphatic heterocycles. The molecule has 7 nitrogen and oxygen atoms in total. The number of rotatable bonds is 5. The van der Waals surface area contributed by atoms with Crippen molar-refractivity contribution in [2.45, 2.75) is 37.1 Å². The highest BCUT2D eigenvalue weighted by molar-refractivity contribution is 6.30. The fraction of sp³-hybridized carbons (Fsp3) is 0.304. The Morgan fingerprint density at radius 1 is 1.19 bits per heavy atom. The van der Waals surface area contributed by atoms with Crippen molar-refractivity contribution < 1.29 is 9.90 Å². The van der Waals surface area contributed by atoms with Gasteiger partial charge in [0.25, 0.3) is 5.56 Å². The minimum atomic E-state index is -1.09. The van der Waals surface area contributed by atoms with Gasteiger partial charge in [0.2, 0.25) is 0 Å². The molecule has 9 heteroatoms. The van der Waals surface area contributed by atoms with Gasteiger partial charge in [-0.15, -0.1) is 12.4 Å². The number of hydrogen-bond acceptors (Lipinski definition) is 5. The molecule has 1 aromatic carbocycles. The molecule has 1 aliphatic rings. The van der Waals surface area contributed by atoms with Crippen LogP contribution in [0.2, 0.25) is 5.02 Å². The lowest BCUT2D eigenvalue weighted by molar-refractivity contribution is 0.0690. The lowest BCUT2D eigenvalue weighted by Crippen LogP contribution is -2.41. The fourth-order valence-electron chi connectivity index (χ4n) is 4.34. The number of nitrogens with two attached hydrogens (primary N) is 1. The van der Waals surface area contributed by atoms with Gasteiger partial charge in [-0.25, -0.2) is 14.5 Å². The summed E-state index contributed by atoms with van der Waals surface area (Å²) >= 11 is 6.20. The van der Waals surface area contributed by atoms with Gasteiger partial charge < -0.3 is 10.8 Å². The van der Waals surface area contributed by atoms with Crippen molar-refractivity contribution in [3.05, 3.63) is 81.4 Å². The number of carbonyl (C=O) groups is 1. The topological polar surface area (TPSA) is 111 Å². The van der Waals surface area contributed by atoms with E-state index in [1.807, 2.05) is 18.2 Å². The van der Waals surface area contributed by atoms with Crippen LogP contribution in [0, 0.1) is 0 Å². The van der Waals surface area contributed by atoms with Crippen LogP contribution >= 0.6 is 24.0 Å². The second-order valence-corrected chi connectivity index (χ2v) is 8.40. The van der Waals surface area contributed by atoms with Gasteiger partial charge in [-0.3, -0.25) is 4.79 Å². The van der Waals surface area contributed by atoms with Crippen LogP contribution in [0.1, 0.15) is 47.8 Å². The average molecular weight is 475 g/mol. The Bertz CT molecular complexity index is 1160. The van der Waals surface area contributed by atoms with E-state index in [9.17, 15) is 9.59 Å². The van der Waals surface area contributed by atoms with Gasteiger partial charge >= 0.3 is 5.97 Å². The van der Waals surface area contributed by atoms with Crippen molar-refractivity contribution in [3.63, 3.8) is 0 Å². The van der Waals surface area contributed by atoms with Crippen molar-refractivity contribution in [2.24, 2.45) is 5.73 Å². The highest BCUT2D eigenvalue weighted by Crippen LogP contribution is 2.42. The number of halogens is 2. The average Bonchev–Trinajstić information content (AvgIpc) is 2.79. The Labute approximate surface area is 196 Å². The molecule has 0 bridgehead atoms. The van der Waals surface area contributed by atoms with Crippen LogP contribution in [0.3, 0.4) is 0 Å². The van der Waals surface area contributed by atoms with Crippen molar-refractivity contribution in [2.75, 3.05) is 6.54 Å². The Morgan fingerprint density at radius 3 is 2.53 bits per heavy atom. The summed E-state index contributed by atoms with van der Waals surface area (Å²) in [6, 6.07) is 14.0. The van der Waals surface area contributed by atoms with E-state index in [1.165, 1.54) is 18.3 Å². The van der Waals surface area contributed by atoms with Gasteiger partial charge in [-0.1, -0.05) is 23.7 Å². The number of pyridine rings is 1. The molecular formula is C23H24Cl2N4O3. The molecular weight excluding hydrogens is 451 g/mol. The third kappa shape index (κ3) is 4.70. The zero-order chi connectivity index (χ0) is 22.0. The van der Waals surface area contributed by atoms with E-state index in [-0.39, 0.29) is 35.1 Å². The maximum Gasteiger partial charge on any atom is 0.354 e. The van der Waals surface area contributed by atoms with E-state index < -0.39 is 5.97 Å². The minimum absolute atomic E-state index is 0. The summed E-state index contributed by atoms with van der Waals surface area (Å²) in [7, 11) is 0. The summed E-state index contributed by atoms with van der Waals surface area (Å²) in [6.07, 6.45) is 4.68. The molecule has 1 fully saturated rings. The van der Waals surface area contributed by atoms with Crippen LogP contribution in [-0.4, -0.2) is 32.4 Å². The van der Waals surface area contributed by atoms with Gasteiger partial charge in [-0.05, 0) is 61.6 Å². The molecule has 0 saturated heterocycles. The summed E-state index contributed by atoms with van der Waals surface area (Å²) in [4.78, 5) is 27.5. The molecule has 3 aromatic rings. The number of aromatic nitrogens is 3. The number of nitrogens with zero attached hydrogens (tertiary/aromatic N) is 3. The van der Waals surface area contributed by atoms with Gasteiger partial charge in [0, 0.05) is 34.8 Å². The highest BCUT2D eigenvalue weighted by atomic mass is 35.5. The number of benzene rings is 1. The summed E-state index contributed by atoms with van der Waals surface area (Å²) in [5.74, 6) is -1.09. The van der Waals surface area contributed by atoms with Crippen LogP contribution < -0.4 is 11.3 Å². The first kappa shape index (κ1) is 23.9. The first-order valence-corrected chi connectivity index (χ1v) is 10.6.